The summed E-state index contributed by atoms with van der Waals surface area (Å²) in [6.07, 6.45) is 1.71. The highest BCUT2D eigenvalue weighted by molar-refractivity contribution is 7.90. The molecule has 23 heavy (non-hydrogen) atoms. The lowest BCUT2D eigenvalue weighted by Crippen LogP contribution is -2.62. The molecule has 1 aromatic carbocycles. The SMILES string of the molecule is CS(=O)(=O)CCN1CCN2C(=O)OCC2(Cc2ccccc2)C1. The normalized spacial score (nSPS) is 25.3. The Labute approximate surface area is 136 Å². The monoisotopic (exact) mass is 338 g/mol. The van der Waals surface area contributed by atoms with Gasteiger partial charge in [-0.1, -0.05) is 30.3 Å². The van der Waals surface area contributed by atoms with Crippen LogP contribution in [-0.4, -0.2) is 74.6 Å². The molecular weight excluding hydrogens is 316 g/mol. The minimum absolute atomic E-state index is 0.142. The van der Waals surface area contributed by atoms with E-state index in [2.05, 4.69) is 4.90 Å². The molecule has 126 valence electrons. The summed E-state index contributed by atoms with van der Waals surface area (Å²) in [5, 5.41) is 0. The van der Waals surface area contributed by atoms with E-state index in [-0.39, 0.29) is 11.8 Å². The number of hydrogen-bond donors (Lipinski definition) is 0. The number of hydrogen-bond acceptors (Lipinski definition) is 5. The van der Waals surface area contributed by atoms with E-state index in [1.807, 2.05) is 35.2 Å². The van der Waals surface area contributed by atoms with Gasteiger partial charge in [0.15, 0.2) is 0 Å². The van der Waals surface area contributed by atoms with Crippen LogP contribution in [0.3, 0.4) is 0 Å². The molecule has 2 saturated heterocycles. The van der Waals surface area contributed by atoms with Gasteiger partial charge in [0, 0.05) is 38.9 Å². The zero-order valence-electron chi connectivity index (χ0n) is 13.3. The zero-order chi connectivity index (χ0) is 16.5. The van der Waals surface area contributed by atoms with Crippen molar-refractivity contribution >= 4 is 15.9 Å². The number of carbonyl (C=O) groups is 1. The van der Waals surface area contributed by atoms with Crippen molar-refractivity contribution in [3.8, 4) is 0 Å². The highest BCUT2D eigenvalue weighted by Crippen LogP contribution is 2.32. The zero-order valence-corrected chi connectivity index (χ0v) is 14.1. The van der Waals surface area contributed by atoms with Gasteiger partial charge in [0.25, 0.3) is 0 Å². The minimum Gasteiger partial charge on any atom is -0.447 e. The topological polar surface area (TPSA) is 66.9 Å². The van der Waals surface area contributed by atoms with Crippen LogP contribution in [0.5, 0.6) is 0 Å². The number of benzene rings is 1. The van der Waals surface area contributed by atoms with Gasteiger partial charge in [-0.25, -0.2) is 13.2 Å². The number of rotatable bonds is 5. The Morgan fingerprint density at radius 3 is 2.65 bits per heavy atom. The Morgan fingerprint density at radius 2 is 1.96 bits per heavy atom. The molecule has 0 bridgehead atoms. The maximum atomic E-state index is 12.0. The lowest BCUT2D eigenvalue weighted by molar-refractivity contribution is 0.0552. The van der Waals surface area contributed by atoms with E-state index in [1.165, 1.54) is 6.26 Å². The van der Waals surface area contributed by atoms with Crippen LogP contribution in [0, 0.1) is 0 Å². The van der Waals surface area contributed by atoms with Gasteiger partial charge in [-0.2, -0.15) is 0 Å². The summed E-state index contributed by atoms with van der Waals surface area (Å²) in [5.74, 6) is 0.142. The molecule has 2 aliphatic rings. The van der Waals surface area contributed by atoms with Crippen LogP contribution in [0.4, 0.5) is 4.79 Å². The molecule has 6 nitrogen and oxygen atoms in total. The Balaban J connectivity index is 1.77. The van der Waals surface area contributed by atoms with Gasteiger partial charge in [0.2, 0.25) is 0 Å². The molecule has 0 radical (unpaired) electrons. The number of cyclic esters (lactones) is 1. The summed E-state index contributed by atoms with van der Waals surface area (Å²) in [7, 11) is -2.99. The minimum atomic E-state index is -2.99. The van der Waals surface area contributed by atoms with Crippen molar-refractivity contribution in [3.63, 3.8) is 0 Å². The average molecular weight is 338 g/mol. The fraction of sp³-hybridized carbons (Fsp3) is 0.562. The quantitative estimate of drug-likeness (QED) is 0.794. The van der Waals surface area contributed by atoms with Gasteiger partial charge >= 0.3 is 6.09 Å². The smallest absolute Gasteiger partial charge is 0.410 e. The van der Waals surface area contributed by atoms with Crippen molar-refractivity contribution in [2.45, 2.75) is 12.0 Å². The Bertz CT molecular complexity index is 677. The molecule has 7 heteroatoms. The predicted molar refractivity (Wildman–Crippen MR) is 87.1 cm³/mol. The van der Waals surface area contributed by atoms with Gasteiger partial charge < -0.3 is 4.74 Å². The van der Waals surface area contributed by atoms with E-state index < -0.39 is 15.4 Å². The summed E-state index contributed by atoms with van der Waals surface area (Å²) in [6.45, 7) is 2.76. The van der Waals surface area contributed by atoms with Crippen molar-refractivity contribution < 1.29 is 17.9 Å². The van der Waals surface area contributed by atoms with Crippen molar-refractivity contribution in [3.05, 3.63) is 35.9 Å². The first kappa shape index (κ1) is 16.3. The van der Waals surface area contributed by atoms with Crippen LogP contribution in [0.15, 0.2) is 30.3 Å². The van der Waals surface area contributed by atoms with Gasteiger partial charge in [0.1, 0.15) is 16.4 Å². The Morgan fingerprint density at radius 1 is 1.22 bits per heavy atom. The van der Waals surface area contributed by atoms with Crippen LogP contribution in [0.25, 0.3) is 0 Å². The third-order valence-corrected chi connectivity index (χ3v) is 5.49. The summed E-state index contributed by atoms with van der Waals surface area (Å²) in [4.78, 5) is 16.0. The highest BCUT2D eigenvalue weighted by atomic mass is 32.2. The molecule has 0 saturated carbocycles. The second-order valence-electron chi connectivity index (χ2n) is 6.50. The molecule has 1 atom stereocenters. The molecule has 1 aromatic rings. The number of ether oxygens (including phenoxy) is 1. The summed E-state index contributed by atoms with van der Waals surface area (Å²) in [5.41, 5.74) is 0.759. The highest BCUT2D eigenvalue weighted by Gasteiger charge is 2.50. The predicted octanol–water partition coefficient (Wildman–Crippen LogP) is 0.780. The first-order chi connectivity index (χ1) is 10.9. The van der Waals surface area contributed by atoms with Gasteiger partial charge in [-0.05, 0) is 5.56 Å². The van der Waals surface area contributed by atoms with E-state index in [0.29, 0.717) is 32.8 Å². The summed E-state index contributed by atoms with van der Waals surface area (Å²) >= 11 is 0. The number of fused-ring (bicyclic) bond motifs is 1. The molecule has 0 spiro atoms. The molecule has 0 aliphatic carbocycles. The molecule has 0 aromatic heterocycles. The summed E-state index contributed by atoms with van der Waals surface area (Å²) < 4.78 is 28.1. The van der Waals surface area contributed by atoms with Gasteiger partial charge in [0.05, 0.1) is 11.3 Å². The van der Waals surface area contributed by atoms with Crippen molar-refractivity contribution in [1.82, 2.24) is 9.80 Å². The van der Waals surface area contributed by atoms with E-state index in [0.717, 1.165) is 12.0 Å². The van der Waals surface area contributed by atoms with Crippen LogP contribution < -0.4 is 0 Å². The van der Waals surface area contributed by atoms with Gasteiger partial charge in [-0.3, -0.25) is 9.80 Å². The number of carbonyl (C=O) groups excluding carboxylic acids is 1. The number of nitrogens with zero attached hydrogens (tertiary/aromatic N) is 2. The van der Waals surface area contributed by atoms with E-state index in [1.54, 1.807) is 0 Å². The van der Waals surface area contributed by atoms with Crippen LogP contribution in [0.2, 0.25) is 0 Å². The molecule has 2 aliphatic heterocycles. The van der Waals surface area contributed by atoms with Crippen molar-refractivity contribution in [2.24, 2.45) is 0 Å². The third kappa shape index (κ3) is 3.67. The maximum Gasteiger partial charge on any atom is 0.410 e. The lowest BCUT2D eigenvalue weighted by atomic mass is 9.88. The van der Waals surface area contributed by atoms with Gasteiger partial charge in [-0.15, -0.1) is 0 Å². The fourth-order valence-corrected chi connectivity index (χ4v) is 4.00. The first-order valence-electron chi connectivity index (χ1n) is 7.76. The second-order valence-corrected chi connectivity index (χ2v) is 8.76. The first-order valence-corrected chi connectivity index (χ1v) is 9.82. The molecule has 2 fully saturated rings. The largest absolute Gasteiger partial charge is 0.447 e. The second kappa shape index (κ2) is 6.13. The molecular formula is C16H22N2O4S. The number of sulfone groups is 1. The Hall–Kier alpha value is -1.60. The van der Waals surface area contributed by atoms with E-state index in [9.17, 15) is 13.2 Å². The Kier molecular flexibility index (Phi) is 4.33. The molecule has 2 heterocycles. The van der Waals surface area contributed by atoms with Crippen LogP contribution in [-0.2, 0) is 21.0 Å². The maximum absolute atomic E-state index is 12.0. The number of piperazine rings is 1. The fourth-order valence-electron chi connectivity index (χ4n) is 3.41. The van der Waals surface area contributed by atoms with Crippen LogP contribution in [0.1, 0.15) is 5.56 Å². The third-order valence-electron chi connectivity index (χ3n) is 4.57. The average Bonchev–Trinajstić information content (AvgIpc) is 2.82. The lowest BCUT2D eigenvalue weighted by Gasteiger charge is -2.44. The van der Waals surface area contributed by atoms with E-state index >= 15 is 0 Å². The molecule has 0 N–H and O–H groups in total. The molecule has 1 amide bonds. The van der Waals surface area contributed by atoms with Crippen molar-refractivity contribution in [1.29, 1.82) is 0 Å². The number of amides is 1. The molecule has 3 rings (SSSR count). The van der Waals surface area contributed by atoms with Crippen molar-refractivity contribution in [2.75, 3.05) is 44.8 Å². The summed E-state index contributed by atoms with van der Waals surface area (Å²) in [6, 6.07) is 10.0. The standard InChI is InChI=1S/C16H22N2O4S/c1-23(20,21)10-9-17-7-8-18-15(19)22-13-16(18,12-17)11-14-5-3-2-4-6-14/h2-6H,7-13H2,1H3. The van der Waals surface area contributed by atoms with E-state index in [4.69, 9.17) is 4.74 Å². The molecule has 1 unspecified atom stereocenters. The van der Waals surface area contributed by atoms with Crippen LogP contribution >= 0.6 is 0 Å².